The number of carbonyl (C=O) groups excluding carboxylic acids is 1. The van der Waals surface area contributed by atoms with Gasteiger partial charge in [-0.15, -0.1) is 0 Å². The van der Waals surface area contributed by atoms with Crippen LogP contribution in [0, 0.1) is 0 Å². The van der Waals surface area contributed by atoms with Crippen molar-refractivity contribution in [3.8, 4) is 0 Å². The topological polar surface area (TPSA) is 43.7 Å². The molecule has 1 saturated heterocycles. The van der Waals surface area contributed by atoms with Crippen molar-refractivity contribution in [1.29, 1.82) is 0 Å². The van der Waals surface area contributed by atoms with Gasteiger partial charge in [-0.3, -0.25) is 4.79 Å². The van der Waals surface area contributed by atoms with E-state index < -0.39 is 5.60 Å². The minimum atomic E-state index is -0.421. The Labute approximate surface area is 134 Å². The number of carbonyl (C=O) groups is 1. The summed E-state index contributed by atoms with van der Waals surface area (Å²) in [4.78, 5) is 14.5. The van der Waals surface area contributed by atoms with Crippen molar-refractivity contribution in [2.24, 2.45) is 7.05 Å². The van der Waals surface area contributed by atoms with Crippen LogP contribution in [0.1, 0.15) is 24.3 Å². The van der Waals surface area contributed by atoms with Crippen molar-refractivity contribution in [1.82, 2.24) is 9.47 Å². The number of aromatic nitrogens is 1. The number of nitrogens with zero attached hydrogens (tertiary/aromatic N) is 2. The molecule has 0 aliphatic carbocycles. The van der Waals surface area contributed by atoms with Crippen molar-refractivity contribution in [2.75, 3.05) is 26.8 Å². The van der Waals surface area contributed by atoms with E-state index in [-0.39, 0.29) is 12.0 Å². The van der Waals surface area contributed by atoms with Gasteiger partial charge in [0.25, 0.3) is 5.91 Å². The summed E-state index contributed by atoms with van der Waals surface area (Å²) in [6.45, 7) is 5.35. The van der Waals surface area contributed by atoms with Crippen LogP contribution in [0.25, 0.3) is 0 Å². The minimum Gasteiger partial charge on any atom is -0.382 e. The molecule has 1 amide bonds. The van der Waals surface area contributed by atoms with Crippen LogP contribution in [0.15, 0.2) is 6.07 Å². The summed E-state index contributed by atoms with van der Waals surface area (Å²) in [5.41, 5.74) is 0.0504. The van der Waals surface area contributed by atoms with Gasteiger partial charge in [-0.2, -0.15) is 0 Å². The molecule has 1 aliphatic heterocycles. The lowest BCUT2D eigenvalue weighted by Gasteiger charge is -2.42. The smallest absolute Gasteiger partial charge is 0.270 e. The van der Waals surface area contributed by atoms with Crippen LogP contribution < -0.4 is 0 Å². The van der Waals surface area contributed by atoms with E-state index in [1.807, 2.05) is 13.8 Å². The van der Waals surface area contributed by atoms with Gasteiger partial charge in [-0.25, -0.2) is 0 Å². The highest BCUT2D eigenvalue weighted by atomic mass is 35.5. The maximum absolute atomic E-state index is 12.7. The first kappa shape index (κ1) is 16.6. The number of methoxy groups -OCH3 is 1. The fourth-order valence-corrected chi connectivity index (χ4v) is 3.01. The van der Waals surface area contributed by atoms with Gasteiger partial charge in [0, 0.05) is 27.2 Å². The molecule has 1 fully saturated rings. The number of halogens is 2. The van der Waals surface area contributed by atoms with E-state index in [1.165, 1.54) is 0 Å². The van der Waals surface area contributed by atoms with Crippen LogP contribution in [-0.2, 0) is 16.5 Å². The third-order valence-corrected chi connectivity index (χ3v) is 4.30. The fraction of sp³-hybridized carbons (Fsp3) is 0.643. The van der Waals surface area contributed by atoms with Gasteiger partial charge >= 0.3 is 0 Å². The predicted molar refractivity (Wildman–Crippen MR) is 82.2 cm³/mol. The van der Waals surface area contributed by atoms with Crippen molar-refractivity contribution in [3.63, 3.8) is 0 Å². The van der Waals surface area contributed by atoms with E-state index in [1.54, 1.807) is 29.7 Å². The largest absolute Gasteiger partial charge is 0.382 e. The molecule has 21 heavy (non-hydrogen) atoms. The first-order chi connectivity index (χ1) is 9.75. The molecule has 2 heterocycles. The van der Waals surface area contributed by atoms with Crippen molar-refractivity contribution >= 4 is 29.1 Å². The van der Waals surface area contributed by atoms with Crippen molar-refractivity contribution < 1.29 is 14.3 Å². The zero-order chi connectivity index (χ0) is 15.8. The lowest BCUT2D eigenvalue weighted by molar-refractivity contribution is -0.143. The number of hydrogen-bond donors (Lipinski definition) is 0. The molecule has 0 bridgehead atoms. The van der Waals surface area contributed by atoms with Gasteiger partial charge in [0.15, 0.2) is 0 Å². The maximum Gasteiger partial charge on any atom is 0.270 e. The first-order valence-electron chi connectivity index (χ1n) is 6.72. The zero-order valence-electron chi connectivity index (χ0n) is 12.7. The Balaban J connectivity index is 2.23. The van der Waals surface area contributed by atoms with E-state index in [2.05, 4.69) is 0 Å². The molecule has 1 aromatic rings. The lowest BCUT2D eigenvalue weighted by Crippen LogP contribution is -2.55. The fourth-order valence-electron chi connectivity index (χ4n) is 2.63. The Bertz CT molecular complexity index is 543. The highest BCUT2D eigenvalue weighted by Gasteiger charge is 2.36. The number of morpholine rings is 1. The third-order valence-electron chi connectivity index (χ3n) is 3.46. The molecule has 7 heteroatoms. The van der Waals surface area contributed by atoms with Crippen molar-refractivity contribution in [2.45, 2.75) is 25.6 Å². The molecule has 2 rings (SSSR count). The van der Waals surface area contributed by atoms with E-state index in [9.17, 15) is 4.79 Å². The molecular weight excluding hydrogens is 315 g/mol. The Hall–Kier alpha value is -0.750. The van der Waals surface area contributed by atoms with Crippen LogP contribution in [-0.4, -0.2) is 53.9 Å². The Kier molecular flexibility index (Phi) is 4.88. The summed E-state index contributed by atoms with van der Waals surface area (Å²) in [7, 11) is 3.34. The van der Waals surface area contributed by atoms with Gasteiger partial charge in [0.1, 0.15) is 10.8 Å². The number of ether oxygens (including phenoxy) is 2. The van der Waals surface area contributed by atoms with Gasteiger partial charge in [-0.05, 0) is 19.9 Å². The molecule has 0 spiro atoms. The van der Waals surface area contributed by atoms with Gasteiger partial charge in [0.05, 0.1) is 23.3 Å². The van der Waals surface area contributed by atoms with E-state index in [0.717, 1.165) is 0 Å². The standard InChI is InChI=1S/C14H20Cl2N2O3/c1-14(2)8-18(6-9(21-14)7-20-4)13(19)11-5-10(15)12(16)17(11)3/h5,9H,6-8H2,1-4H3. The maximum atomic E-state index is 12.7. The average Bonchev–Trinajstić information content (AvgIpc) is 2.64. The lowest BCUT2D eigenvalue weighted by atomic mass is 10.0. The average molecular weight is 335 g/mol. The van der Waals surface area contributed by atoms with Crippen molar-refractivity contribution in [3.05, 3.63) is 21.9 Å². The van der Waals surface area contributed by atoms with E-state index in [4.69, 9.17) is 32.7 Å². The molecule has 0 aromatic carbocycles. The van der Waals surface area contributed by atoms with Gasteiger partial charge in [-0.1, -0.05) is 23.2 Å². The summed E-state index contributed by atoms with van der Waals surface area (Å²) in [6.07, 6.45) is -0.145. The summed E-state index contributed by atoms with van der Waals surface area (Å²) >= 11 is 12.0. The molecule has 118 valence electrons. The van der Waals surface area contributed by atoms with Crippen LogP contribution in [0.5, 0.6) is 0 Å². The van der Waals surface area contributed by atoms with E-state index >= 15 is 0 Å². The number of rotatable bonds is 3. The molecule has 1 aliphatic rings. The molecular formula is C14H20Cl2N2O3. The molecule has 0 radical (unpaired) electrons. The Morgan fingerprint density at radius 1 is 1.52 bits per heavy atom. The highest BCUT2D eigenvalue weighted by Crippen LogP contribution is 2.28. The SMILES string of the molecule is COCC1CN(C(=O)c2cc(Cl)c(Cl)n2C)CC(C)(C)O1. The van der Waals surface area contributed by atoms with Crippen LogP contribution >= 0.6 is 23.2 Å². The second kappa shape index (κ2) is 6.16. The predicted octanol–water partition coefficient (Wildman–Crippen LogP) is 2.60. The number of hydrogen-bond acceptors (Lipinski definition) is 3. The number of amides is 1. The van der Waals surface area contributed by atoms with Crippen LogP contribution in [0.4, 0.5) is 0 Å². The summed E-state index contributed by atoms with van der Waals surface area (Å²) in [6, 6.07) is 1.60. The van der Waals surface area contributed by atoms with E-state index in [0.29, 0.717) is 35.6 Å². The summed E-state index contributed by atoms with van der Waals surface area (Å²) < 4.78 is 12.7. The second-order valence-electron chi connectivity index (χ2n) is 5.87. The van der Waals surface area contributed by atoms with Gasteiger partial charge < -0.3 is 18.9 Å². The van der Waals surface area contributed by atoms with Gasteiger partial charge in [0.2, 0.25) is 0 Å². The first-order valence-corrected chi connectivity index (χ1v) is 7.47. The van der Waals surface area contributed by atoms with Crippen LogP contribution in [0.2, 0.25) is 10.2 Å². The normalized spacial score (nSPS) is 21.6. The van der Waals surface area contributed by atoms with Crippen LogP contribution in [0.3, 0.4) is 0 Å². The molecule has 1 atom stereocenters. The molecule has 0 N–H and O–H groups in total. The quantitative estimate of drug-likeness (QED) is 0.853. The molecule has 5 nitrogen and oxygen atoms in total. The summed E-state index contributed by atoms with van der Waals surface area (Å²) in [5, 5.41) is 0.740. The Morgan fingerprint density at radius 3 is 2.71 bits per heavy atom. The zero-order valence-corrected chi connectivity index (χ0v) is 14.2. The molecule has 0 saturated carbocycles. The highest BCUT2D eigenvalue weighted by molar-refractivity contribution is 6.41. The summed E-state index contributed by atoms with van der Waals surface area (Å²) in [5.74, 6) is -0.108. The second-order valence-corrected chi connectivity index (χ2v) is 6.63. The third kappa shape index (κ3) is 3.54. The molecule has 1 unspecified atom stereocenters. The minimum absolute atomic E-state index is 0.108. The molecule has 1 aromatic heterocycles. The Morgan fingerprint density at radius 2 is 2.19 bits per heavy atom. The monoisotopic (exact) mass is 334 g/mol.